The van der Waals surface area contributed by atoms with Gasteiger partial charge in [0.2, 0.25) is 0 Å². The maximum absolute atomic E-state index is 3.77. The van der Waals surface area contributed by atoms with E-state index in [9.17, 15) is 0 Å². The van der Waals surface area contributed by atoms with Crippen LogP contribution in [0.5, 0.6) is 0 Å². The smallest absolute Gasteiger partial charge is 0.0452 e. The summed E-state index contributed by atoms with van der Waals surface area (Å²) in [6.45, 7) is 10.4. The van der Waals surface area contributed by atoms with E-state index in [1.165, 1.54) is 49.8 Å². The first kappa shape index (κ1) is 16.5. The lowest BCUT2D eigenvalue weighted by atomic mass is 10.00. The summed E-state index contributed by atoms with van der Waals surface area (Å²) in [5, 5.41) is 3.77. The third kappa shape index (κ3) is 4.82. The lowest BCUT2D eigenvalue weighted by Crippen LogP contribution is -2.40. The molecule has 1 aliphatic rings. The highest BCUT2D eigenvalue weighted by atomic mass is 15.2. The van der Waals surface area contributed by atoms with Gasteiger partial charge in [-0.1, -0.05) is 44.0 Å². The van der Waals surface area contributed by atoms with Gasteiger partial charge >= 0.3 is 0 Å². The molecule has 1 aromatic carbocycles. The summed E-state index contributed by atoms with van der Waals surface area (Å²) >= 11 is 0. The van der Waals surface area contributed by atoms with Crippen molar-refractivity contribution in [2.75, 3.05) is 19.6 Å². The highest BCUT2D eigenvalue weighted by molar-refractivity contribution is 5.29. The average molecular weight is 288 g/mol. The van der Waals surface area contributed by atoms with Gasteiger partial charge in [-0.2, -0.15) is 0 Å². The maximum Gasteiger partial charge on any atom is 0.0452 e. The molecule has 0 bridgehead atoms. The van der Waals surface area contributed by atoms with Gasteiger partial charge in [-0.3, -0.25) is 4.90 Å². The fourth-order valence-corrected chi connectivity index (χ4v) is 3.41. The lowest BCUT2D eigenvalue weighted by molar-refractivity contribution is 0.190. The lowest BCUT2D eigenvalue weighted by Gasteiger charge is -2.32. The summed E-state index contributed by atoms with van der Waals surface area (Å²) in [6, 6.07) is 10.0. The monoisotopic (exact) mass is 288 g/mol. The summed E-state index contributed by atoms with van der Waals surface area (Å²) in [4.78, 5) is 2.70. The number of nitrogens with one attached hydrogen (secondary N) is 1. The number of rotatable bonds is 6. The minimum Gasteiger partial charge on any atom is -0.309 e. The van der Waals surface area contributed by atoms with Gasteiger partial charge in [0.25, 0.3) is 0 Å². The van der Waals surface area contributed by atoms with E-state index in [0.717, 1.165) is 19.1 Å². The van der Waals surface area contributed by atoms with Crippen molar-refractivity contribution in [1.82, 2.24) is 10.2 Å². The first-order valence-corrected chi connectivity index (χ1v) is 8.75. The molecule has 0 spiro atoms. The van der Waals surface area contributed by atoms with Crippen LogP contribution < -0.4 is 5.32 Å². The molecule has 1 saturated heterocycles. The molecule has 1 N–H and O–H groups in total. The standard InChI is InChI=1S/C19H32N2/c1-4-13-20-19(18-12-8-7-10-16(18)2)15-21-14-9-5-6-11-17(21)3/h7-8,10,12,17,19-20H,4-6,9,11,13-15H2,1-3H3. The van der Waals surface area contributed by atoms with Crippen LogP contribution in [0.4, 0.5) is 0 Å². The van der Waals surface area contributed by atoms with E-state index in [1.54, 1.807) is 0 Å². The Morgan fingerprint density at radius 1 is 1.24 bits per heavy atom. The van der Waals surface area contributed by atoms with E-state index < -0.39 is 0 Å². The van der Waals surface area contributed by atoms with E-state index in [4.69, 9.17) is 0 Å². The fourth-order valence-electron chi connectivity index (χ4n) is 3.41. The highest BCUT2D eigenvalue weighted by Crippen LogP contribution is 2.23. The molecule has 0 aromatic heterocycles. The Bertz CT molecular complexity index is 416. The van der Waals surface area contributed by atoms with Crippen LogP contribution in [0.3, 0.4) is 0 Å². The zero-order valence-electron chi connectivity index (χ0n) is 14.1. The number of aryl methyl sites for hydroxylation is 1. The Morgan fingerprint density at radius 2 is 2.05 bits per heavy atom. The molecular formula is C19H32N2. The van der Waals surface area contributed by atoms with Crippen molar-refractivity contribution in [2.45, 2.75) is 65.0 Å². The zero-order valence-corrected chi connectivity index (χ0v) is 14.1. The van der Waals surface area contributed by atoms with E-state index in [1.807, 2.05) is 0 Å². The van der Waals surface area contributed by atoms with Crippen molar-refractivity contribution in [3.05, 3.63) is 35.4 Å². The second-order valence-electron chi connectivity index (χ2n) is 6.56. The van der Waals surface area contributed by atoms with Gasteiger partial charge in [-0.15, -0.1) is 0 Å². The molecule has 2 atom stereocenters. The molecular weight excluding hydrogens is 256 g/mol. The normalized spacial score (nSPS) is 22.0. The summed E-state index contributed by atoms with van der Waals surface area (Å²) in [6.07, 6.45) is 6.71. The number of hydrogen-bond donors (Lipinski definition) is 1. The van der Waals surface area contributed by atoms with Crippen molar-refractivity contribution >= 4 is 0 Å². The first-order chi connectivity index (χ1) is 10.2. The molecule has 2 nitrogen and oxygen atoms in total. The molecule has 1 heterocycles. The molecule has 0 amide bonds. The number of benzene rings is 1. The van der Waals surface area contributed by atoms with Gasteiger partial charge in [0, 0.05) is 18.6 Å². The van der Waals surface area contributed by atoms with Crippen LogP contribution >= 0.6 is 0 Å². The summed E-state index contributed by atoms with van der Waals surface area (Å²) < 4.78 is 0. The van der Waals surface area contributed by atoms with Crippen molar-refractivity contribution in [3.63, 3.8) is 0 Å². The average Bonchev–Trinajstić information content (AvgIpc) is 2.69. The topological polar surface area (TPSA) is 15.3 Å². The van der Waals surface area contributed by atoms with Gasteiger partial charge in [0.15, 0.2) is 0 Å². The second-order valence-corrected chi connectivity index (χ2v) is 6.56. The van der Waals surface area contributed by atoms with Crippen LogP contribution in [0.2, 0.25) is 0 Å². The molecule has 1 aromatic rings. The van der Waals surface area contributed by atoms with Gasteiger partial charge in [0.05, 0.1) is 0 Å². The Morgan fingerprint density at radius 3 is 2.81 bits per heavy atom. The summed E-state index contributed by atoms with van der Waals surface area (Å²) in [7, 11) is 0. The van der Waals surface area contributed by atoms with E-state index in [2.05, 4.69) is 55.3 Å². The quantitative estimate of drug-likeness (QED) is 0.839. The Kier molecular flexibility index (Phi) is 6.72. The van der Waals surface area contributed by atoms with E-state index >= 15 is 0 Å². The largest absolute Gasteiger partial charge is 0.309 e. The predicted molar refractivity (Wildman–Crippen MR) is 91.7 cm³/mol. The molecule has 1 fully saturated rings. The minimum atomic E-state index is 0.465. The fraction of sp³-hybridized carbons (Fsp3) is 0.684. The Hall–Kier alpha value is -0.860. The molecule has 118 valence electrons. The van der Waals surface area contributed by atoms with Crippen LogP contribution in [0.1, 0.15) is 63.1 Å². The predicted octanol–water partition coefficient (Wildman–Crippen LogP) is 4.30. The number of nitrogens with zero attached hydrogens (tertiary/aromatic N) is 1. The summed E-state index contributed by atoms with van der Waals surface area (Å²) in [5.41, 5.74) is 2.89. The third-order valence-corrected chi connectivity index (χ3v) is 4.81. The van der Waals surface area contributed by atoms with Gasteiger partial charge in [-0.25, -0.2) is 0 Å². The molecule has 0 saturated carbocycles. The molecule has 2 heteroatoms. The SMILES string of the molecule is CCCNC(CN1CCCCCC1C)c1ccccc1C. The highest BCUT2D eigenvalue weighted by Gasteiger charge is 2.22. The van der Waals surface area contributed by atoms with E-state index in [-0.39, 0.29) is 0 Å². The molecule has 1 aliphatic heterocycles. The number of likely N-dealkylation sites (tertiary alicyclic amines) is 1. The van der Waals surface area contributed by atoms with Crippen LogP contribution in [0.15, 0.2) is 24.3 Å². The maximum atomic E-state index is 3.77. The zero-order chi connectivity index (χ0) is 15.1. The van der Waals surface area contributed by atoms with Crippen LogP contribution in [-0.4, -0.2) is 30.6 Å². The second kappa shape index (κ2) is 8.55. The Labute approximate surface area is 130 Å². The van der Waals surface area contributed by atoms with Crippen molar-refractivity contribution in [3.8, 4) is 0 Å². The number of hydrogen-bond acceptors (Lipinski definition) is 2. The van der Waals surface area contributed by atoms with Crippen molar-refractivity contribution in [2.24, 2.45) is 0 Å². The Balaban J connectivity index is 2.10. The molecule has 0 aliphatic carbocycles. The molecule has 0 radical (unpaired) electrons. The van der Waals surface area contributed by atoms with Gasteiger partial charge in [0.1, 0.15) is 0 Å². The minimum absolute atomic E-state index is 0.465. The van der Waals surface area contributed by atoms with Gasteiger partial charge in [-0.05, 0) is 57.3 Å². The summed E-state index contributed by atoms with van der Waals surface area (Å²) in [5.74, 6) is 0. The first-order valence-electron chi connectivity index (χ1n) is 8.75. The molecule has 2 unspecified atom stereocenters. The van der Waals surface area contributed by atoms with Crippen molar-refractivity contribution in [1.29, 1.82) is 0 Å². The van der Waals surface area contributed by atoms with Crippen LogP contribution in [0, 0.1) is 6.92 Å². The van der Waals surface area contributed by atoms with E-state index in [0.29, 0.717) is 6.04 Å². The molecule has 2 rings (SSSR count). The van der Waals surface area contributed by atoms with Crippen LogP contribution in [0.25, 0.3) is 0 Å². The van der Waals surface area contributed by atoms with Crippen LogP contribution in [-0.2, 0) is 0 Å². The third-order valence-electron chi connectivity index (χ3n) is 4.81. The van der Waals surface area contributed by atoms with Crippen molar-refractivity contribution < 1.29 is 0 Å². The van der Waals surface area contributed by atoms with Gasteiger partial charge < -0.3 is 5.32 Å². The molecule has 21 heavy (non-hydrogen) atoms.